The molecule has 7 heteroatoms. The predicted molar refractivity (Wildman–Crippen MR) is 108 cm³/mol. The molecule has 1 saturated carbocycles. The lowest BCUT2D eigenvalue weighted by molar-refractivity contribution is 0.200. The zero-order valence-electron chi connectivity index (χ0n) is 17.0. The zero-order valence-corrected chi connectivity index (χ0v) is 17.0. The topological polar surface area (TPSA) is 106 Å². The largest absolute Gasteiger partial charge is 0.493 e. The number of nitriles is 1. The maximum Gasteiger partial charge on any atom is 0.244 e. The van der Waals surface area contributed by atoms with Gasteiger partial charge in [-0.3, -0.25) is 5.10 Å². The minimum atomic E-state index is -0.380. The minimum absolute atomic E-state index is 0.0806. The van der Waals surface area contributed by atoms with Crippen LogP contribution in [0.2, 0.25) is 0 Å². The van der Waals surface area contributed by atoms with Crippen molar-refractivity contribution in [1.82, 2.24) is 10.2 Å². The number of aromatic amines is 1. The zero-order chi connectivity index (χ0) is 20.5. The van der Waals surface area contributed by atoms with Crippen LogP contribution in [0.3, 0.4) is 0 Å². The molecule has 0 saturated heterocycles. The molecule has 0 amide bonds. The van der Waals surface area contributed by atoms with E-state index in [2.05, 4.69) is 30.1 Å². The fraction of sp³-hybridized carbons (Fsp3) is 0.455. The van der Waals surface area contributed by atoms with Crippen molar-refractivity contribution in [3.05, 3.63) is 46.5 Å². The number of aromatic nitrogens is 2. The van der Waals surface area contributed by atoms with Crippen LogP contribution in [0.25, 0.3) is 0 Å². The standard InChI is InChI=1S/C22H26N4O3/c1-12(2)20-19-18(15(11-23)21(24)29-22(19)26-25-20)13-8-9-16(17(10-13)27-3)28-14-6-4-5-7-14/h8-10,12,14,18H,4-7,24H2,1-3H3,(H,25,26)/t18-/m0/s1. The van der Waals surface area contributed by atoms with Crippen molar-refractivity contribution in [2.45, 2.75) is 57.5 Å². The van der Waals surface area contributed by atoms with E-state index in [0.717, 1.165) is 35.4 Å². The third kappa shape index (κ3) is 3.39. The summed E-state index contributed by atoms with van der Waals surface area (Å²) in [7, 11) is 1.63. The third-order valence-electron chi connectivity index (χ3n) is 5.66. The lowest BCUT2D eigenvalue weighted by Crippen LogP contribution is -2.21. The molecule has 1 aromatic heterocycles. The number of nitrogens with two attached hydrogens (primary N) is 1. The van der Waals surface area contributed by atoms with Gasteiger partial charge in [-0.05, 0) is 49.3 Å². The highest BCUT2D eigenvalue weighted by Gasteiger charge is 2.36. The Bertz CT molecular complexity index is 980. The molecule has 7 nitrogen and oxygen atoms in total. The molecule has 1 fully saturated rings. The van der Waals surface area contributed by atoms with Gasteiger partial charge in [0.1, 0.15) is 11.6 Å². The van der Waals surface area contributed by atoms with Crippen molar-refractivity contribution < 1.29 is 14.2 Å². The highest BCUT2D eigenvalue weighted by atomic mass is 16.5. The predicted octanol–water partition coefficient (Wildman–Crippen LogP) is 4.08. The Morgan fingerprint density at radius 2 is 2.03 bits per heavy atom. The first-order chi connectivity index (χ1) is 14.0. The van der Waals surface area contributed by atoms with Gasteiger partial charge in [0.05, 0.1) is 24.7 Å². The number of nitrogens with zero attached hydrogens (tertiary/aromatic N) is 2. The second kappa shape index (κ2) is 7.70. The molecule has 4 rings (SSSR count). The van der Waals surface area contributed by atoms with Crippen LogP contribution in [0, 0.1) is 11.3 Å². The molecule has 0 unspecified atom stereocenters. The first-order valence-electron chi connectivity index (χ1n) is 10.0. The highest BCUT2D eigenvalue weighted by Crippen LogP contribution is 2.46. The van der Waals surface area contributed by atoms with E-state index in [1.54, 1.807) is 7.11 Å². The summed E-state index contributed by atoms with van der Waals surface area (Å²) in [6.07, 6.45) is 4.77. The first-order valence-corrected chi connectivity index (χ1v) is 10.0. The van der Waals surface area contributed by atoms with Crippen molar-refractivity contribution in [3.8, 4) is 23.4 Å². The lowest BCUT2D eigenvalue weighted by atomic mass is 9.82. The molecule has 2 aliphatic rings. The molecule has 1 aliphatic carbocycles. The molecule has 0 radical (unpaired) electrons. The van der Waals surface area contributed by atoms with Crippen LogP contribution >= 0.6 is 0 Å². The molecule has 2 aromatic rings. The summed E-state index contributed by atoms with van der Waals surface area (Å²) in [5, 5.41) is 17.1. The van der Waals surface area contributed by atoms with Crippen LogP contribution in [0.1, 0.15) is 68.2 Å². The SMILES string of the molecule is COc1cc([C@H]2C(C#N)=C(N)Oc3n[nH]c(C(C)C)c32)ccc1OC1CCCC1. The number of hydrogen-bond acceptors (Lipinski definition) is 6. The van der Waals surface area contributed by atoms with Crippen molar-refractivity contribution in [2.24, 2.45) is 5.73 Å². The van der Waals surface area contributed by atoms with Gasteiger partial charge in [-0.2, -0.15) is 5.26 Å². The van der Waals surface area contributed by atoms with Crippen molar-refractivity contribution in [2.75, 3.05) is 7.11 Å². The molecule has 152 valence electrons. The normalized spacial score (nSPS) is 19.1. The van der Waals surface area contributed by atoms with Crippen LogP contribution < -0.4 is 19.9 Å². The van der Waals surface area contributed by atoms with Crippen LogP contribution in [-0.2, 0) is 0 Å². The third-order valence-corrected chi connectivity index (χ3v) is 5.66. The number of benzene rings is 1. The fourth-order valence-electron chi connectivity index (χ4n) is 4.19. The second-order valence-electron chi connectivity index (χ2n) is 7.87. The van der Waals surface area contributed by atoms with E-state index in [9.17, 15) is 5.26 Å². The van der Waals surface area contributed by atoms with E-state index in [0.29, 0.717) is 17.2 Å². The minimum Gasteiger partial charge on any atom is -0.493 e. The number of allylic oxidation sites excluding steroid dienone is 1. The monoisotopic (exact) mass is 394 g/mol. The van der Waals surface area contributed by atoms with E-state index in [4.69, 9.17) is 19.9 Å². The van der Waals surface area contributed by atoms with Crippen molar-refractivity contribution in [3.63, 3.8) is 0 Å². The van der Waals surface area contributed by atoms with Crippen LogP contribution in [0.4, 0.5) is 0 Å². The van der Waals surface area contributed by atoms with E-state index < -0.39 is 0 Å². The molecular formula is C22H26N4O3. The summed E-state index contributed by atoms with van der Waals surface area (Å²) >= 11 is 0. The van der Waals surface area contributed by atoms with Crippen LogP contribution in [0.15, 0.2) is 29.7 Å². The summed E-state index contributed by atoms with van der Waals surface area (Å²) in [4.78, 5) is 0. The van der Waals surface area contributed by atoms with Gasteiger partial charge in [-0.15, -0.1) is 5.10 Å². The van der Waals surface area contributed by atoms with Gasteiger partial charge in [-0.25, -0.2) is 0 Å². The molecule has 1 aliphatic heterocycles. The molecule has 2 heterocycles. The Kier molecular flexibility index (Phi) is 5.10. The molecule has 1 atom stereocenters. The molecule has 1 aromatic carbocycles. The maximum atomic E-state index is 9.80. The average molecular weight is 394 g/mol. The molecule has 3 N–H and O–H groups in total. The summed E-state index contributed by atoms with van der Waals surface area (Å²) in [5.74, 6) is 1.67. The van der Waals surface area contributed by atoms with E-state index in [1.165, 1.54) is 12.8 Å². The van der Waals surface area contributed by atoms with Crippen molar-refractivity contribution >= 4 is 0 Å². The van der Waals surface area contributed by atoms with Gasteiger partial charge in [0.15, 0.2) is 11.5 Å². The van der Waals surface area contributed by atoms with Gasteiger partial charge in [0.25, 0.3) is 0 Å². The second-order valence-corrected chi connectivity index (χ2v) is 7.87. The lowest BCUT2D eigenvalue weighted by Gasteiger charge is -2.25. The van der Waals surface area contributed by atoms with Gasteiger partial charge in [0.2, 0.25) is 11.8 Å². The Hall–Kier alpha value is -3.14. The van der Waals surface area contributed by atoms with E-state index in [1.807, 2.05) is 18.2 Å². The fourth-order valence-corrected chi connectivity index (χ4v) is 4.19. The van der Waals surface area contributed by atoms with Gasteiger partial charge >= 0.3 is 0 Å². The number of H-pyrrole nitrogens is 1. The Morgan fingerprint density at radius 1 is 1.28 bits per heavy atom. The number of ether oxygens (including phenoxy) is 3. The van der Waals surface area contributed by atoms with Crippen LogP contribution in [-0.4, -0.2) is 23.4 Å². The number of methoxy groups -OCH3 is 1. The highest BCUT2D eigenvalue weighted by molar-refractivity contribution is 5.58. The number of nitrogens with one attached hydrogen (secondary N) is 1. The van der Waals surface area contributed by atoms with Gasteiger partial charge in [0, 0.05) is 5.69 Å². The molecule has 0 bridgehead atoms. The Morgan fingerprint density at radius 3 is 2.69 bits per heavy atom. The quantitative estimate of drug-likeness (QED) is 0.791. The number of rotatable bonds is 5. The Balaban J connectivity index is 1.78. The first kappa shape index (κ1) is 19.2. The van der Waals surface area contributed by atoms with E-state index >= 15 is 0 Å². The maximum absolute atomic E-state index is 9.80. The van der Waals surface area contributed by atoms with Crippen molar-refractivity contribution in [1.29, 1.82) is 5.26 Å². The number of fused-ring (bicyclic) bond motifs is 1. The van der Waals surface area contributed by atoms with Gasteiger partial charge in [-0.1, -0.05) is 19.9 Å². The summed E-state index contributed by atoms with van der Waals surface area (Å²) in [6, 6.07) is 8.03. The summed E-state index contributed by atoms with van der Waals surface area (Å²) < 4.78 is 17.4. The van der Waals surface area contributed by atoms with Gasteiger partial charge < -0.3 is 19.9 Å². The average Bonchev–Trinajstić information content (AvgIpc) is 3.37. The summed E-state index contributed by atoms with van der Waals surface area (Å²) in [5.41, 5.74) is 9.07. The van der Waals surface area contributed by atoms with E-state index in [-0.39, 0.29) is 23.8 Å². The molecular weight excluding hydrogens is 368 g/mol. The summed E-state index contributed by atoms with van der Waals surface area (Å²) in [6.45, 7) is 4.13. The molecule has 0 spiro atoms. The Labute approximate surface area is 170 Å². The molecule has 29 heavy (non-hydrogen) atoms. The number of hydrogen-bond donors (Lipinski definition) is 2. The smallest absolute Gasteiger partial charge is 0.244 e. The van der Waals surface area contributed by atoms with Crippen LogP contribution in [0.5, 0.6) is 17.4 Å².